The van der Waals surface area contributed by atoms with Crippen LogP contribution in [-0.4, -0.2) is 17.7 Å². The third-order valence-corrected chi connectivity index (χ3v) is 5.04. The van der Waals surface area contributed by atoms with Crippen LogP contribution < -0.4 is 10.6 Å². The second-order valence-electron chi connectivity index (χ2n) is 6.32. The van der Waals surface area contributed by atoms with E-state index in [1.165, 1.54) is 4.90 Å². The van der Waals surface area contributed by atoms with Crippen LogP contribution in [0.3, 0.4) is 0 Å². The van der Waals surface area contributed by atoms with Crippen molar-refractivity contribution in [1.29, 1.82) is 0 Å². The van der Waals surface area contributed by atoms with E-state index in [1.54, 1.807) is 24.3 Å². The summed E-state index contributed by atoms with van der Waals surface area (Å²) in [5.41, 5.74) is 6.52. The summed E-state index contributed by atoms with van der Waals surface area (Å²) < 4.78 is 0. The van der Waals surface area contributed by atoms with E-state index in [4.69, 9.17) is 5.73 Å². The molecule has 1 aromatic carbocycles. The molecule has 3 aliphatic rings. The van der Waals surface area contributed by atoms with Crippen LogP contribution in [0, 0.1) is 23.7 Å². The van der Waals surface area contributed by atoms with E-state index in [2.05, 4.69) is 12.2 Å². The van der Waals surface area contributed by atoms with E-state index >= 15 is 0 Å². The summed E-state index contributed by atoms with van der Waals surface area (Å²) in [6.45, 7) is 0. The van der Waals surface area contributed by atoms with Crippen molar-refractivity contribution >= 4 is 23.4 Å². The number of imide groups is 1. The third kappa shape index (κ3) is 1.75. The Bertz CT molecular complexity index is 677. The van der Waals surface area contributed by atoms with E-state index in [0.29, 0.717) is 5.69 Å². The molecule has 1 aromatic rings. The lowest BCUT2D eigenvalue weighted by Crippen LogP contribution is -2.32. The fourth-order valence-corrected chi connectivity index (χ4v) is 4.12. The van der Waals surface area contributed by atoms with Gasteiger partial charge in [-0.1, -0.05) is 24.3 Å². The smallest absolute Gasteiger partial charge is 0.238 e. The van der Waals surface area contributed by atoms with Gasteiger partial charge < -0.3 is 5.73 Å². The van der Waals surface area contributed by atoms with Crippen molar-refractivity contribution in [2.24, 2.45) is 29.4 Å². The van der Waals surface area contributed by atoms with Crippen LogP contribution in [0.15, 0.2) is 36.4 Å². The lowest BCUT2D eigenvalue weighted by Gasteiger charge is -2.17. The van der Waals surface area contributed by atoms with Crippen LogP contribution in [0.4, 0.5) is 5.69 Å². The van der Waals surface area contributed by atoms with Crippen LogP contribution in [0.5, 0.6) is 0 Å². The van der Waals surface area contributed by atoms with Gasteiger partial charge in [0.2, 0.25) is 17.7 Å². The average Bonchev–Trinajstić information content (AvgIpc) is 3.14. The molecule has 4 atom stereocenters. The number of carbonyl (C=O) groups is 3. The maximum Gasteiger partial charge on any atom is 0.238 e. The molecule has 5 nitrogen and oxygen atoms in total. The fourth-order valence-electron chi connectivity index (χ4n) is 4.12. The molecular weight excluding hydrogens is 280 g/mol. The number of fused-ring (bicyclic) bond motifs is 5. The molecule has 22 heavy (non-hydrogen) atoms. The molecule has 1 saturated carbocycles. The Morgan fingerprint density at radius 1 is 1.05 bits per heavy atom. The van der Waals surface area contributed by atoms with Crippen molar-refractivity contribution in [3.8, 4) is 0 Å². The SMILES string of the molecule is NC(=O)Cc1ccc(N2C(=O)C3C4C=CC(C4)C3C2=O)cc1. The highest BCUT2D eigenvalue weighted by Crippen LogP contribution is 2.53. The van der Waals surface area contributed by atoms with E-state index in [-0.39, 0.29) is 41.9 Å². The molecule has 0 radical (unpaired) electrons. The zero-order chi connectivity index (χ0) is 15.4. The second kappa shape index (κ2) is 4.53. The van der Waals surface area contributed by atoms with Gasteiger partial charge in [0.05, 0.1) is 23.9 Å². The van der Waals surface area contributed by atoms with Crippen LogP contribution >= 0.6 is 0 Å². The van der Waals surface area contributed by atoms with Crippen molar-refractivity contribution in [2.75, 3.05) is 4.90 Å². The van der Waals surface area contributed by atoms with Gasteiger partial charge in [-0.05, 0) is 36.0 Å². The van der Waals surface area contributed by atoms with Crippen molar-refractivity contribution < 1.29 is 14.4 Å². The van der Waals surface area contributed by atoms with Gasteiger partial charge in [0.25, 0.3) is 0 Å². The van der Waals surface area contributed by atoms with E-state index in [0.717, 1.165) is 12.0 Å². The van der Waals surface area contributed by atoms with Crippen molar-refractivity contribution in [3.63, 3.8) is 0 Å². The predicted octanol–water partition coefficient (Wildman–Crippen LogP) is 1.03. The van der Waals surface area contributed by atoms with Crippen LogP contribution in [-0.2, 0) is 20.8 Å². The maximum absolute atomic E-state index is 12.6. The van der Waals surface area contributed by atoms with Crippen LogP contribution in [0.25, 0.3) is 0 Å². The molecule has 2 fully saturated rings. The molecular formula is C17H16N2O3. The molecule has 3 amide bonds. The minimum Gasteiger partial charge on any atom is -0.369 e. The number of nitrogens with two attached hydrogens (primary N) is 1. The first kappa shape index (κ1) is 13.2. The highest BCUT2D eigenvalue weighted by Gasteiger charge is 2.59. The first-order valence-electron chi connectivity index (χ1n) is 7.49. The number of allylic oxidation sites excluding steroid dienone is 2. The normalized spacial score (nSPS) is 31.9. The summed E-state index contributed by atoms with van der Waals surface area (Å²) in [7, 11) is 0. The molecule has 1 saturated heterocycles. The molecule has 4 rings (SSSR count). The number of carbonyl (C=O) groups excluding carboxylic acids is 3. The van der Waals surface area contributed by atoms with Gasteiger partial charge in [0.1, 0.15) is 0 Å². The molecule has 2 aliphatic carbocycles. The van der Waals surface area contributed by atoms with E-state index < -0.39 is 5.91 Å². The highest BCUT2D eigenvalue weighted by atomic mass is 16.2. The Morgan fingerprint density at radius 2 is 1.59 bits per heavy atom. The van der Waals surface area contributed by atoms with E-state index in [1.807, 2.05) is 0 Å². The molecule has 1 aliphatic heterocycles. The number of amides is 3. The van der Waals surface area contributed by atoms with Gasteiger partial charge in [-0.3, -0.25) is 19.3 Å². The molecule has 0 spiro atoms. The summed E-state index contributed by atoms with van der Waals surface area (Å²) in [5.74, 6) is -0.529. The van der Waals surface area contributed by atoms with Crippen molar-refractivity contribution in [3.05, 3.63) is 42.0 Å². The van der Waals surface area contributed by atoms with Gasteiger partial charge in [-0.15, -0.1) is 0 Å². The molecule has 4 unspecified atom stereocenters. The summed E-state index contributed by atoms with van der Waals surface area (Å²) >= 11 is 0. The van der Waals surface area contributed by atoms with Gasteiger partial charge in [0.15, 0.2) is 0 Å². The number of anilines is 1. The number of benzene rings is 1. The summed E-state index contributed by atoms with van der Waals surface area (Å²) in [6, 6.07) is 6.90. The number of hydrogen-bond acceptors (Lipinski definition) is 3. The van der Waals surface area contributed by atoms with Gasteiger partial charge in [-0.25, -0.2) is 0 Å². The third-order valence-electron chi connectivity index (χ3n) is 5.04. The largest absolute Gasteiger partial charge is 0.369 e. The number of nitrogens with zero attached hydrogens (tertiary/aromatic N) is 1. The first-order valence-corrected chi connectivity index (χ1v) is 7.49. The lowest BCUT2D eigenvalue weighted by atomic mass is 9.85. The quantitative estimate of drug-likeness (QED) is 0.668. The average molecular weight is 296 g/mol. The Hall–Kier alpha value is -2.43. The van der Waals surface area contributed by atoms with E-state index in [9.17, 15) is 14.4 Å². The van der Waals surface area contributed by atoms with Gasteiger partial charge in [-0.2, -0.15) is 0 Å². The first-order chi connectivity index (χ1) is 10.6. The summed E-state index contributed by atoms with van der Waals surface area (Å²) in [5, 5.41) is 0. The zero-order valence-corrected chi connectivity index (χ0v) is 11.9. The fraction of sp³-hybridized carbons (Fsp3) is 0.353. The molecule has 5 heteroatoms. The van der Waals surface area contributed by atoms with Crippen molar-refractivity contribution in [2.45, 2.75) is 12.8 Å². The Kier molecular flexibility index (Phi) is 2.73. The number of primary amides is 1. The molecule has 2 N–H and O–H groups in total. The Labute approximate surface area is 127 Å². The standard InChI is InChI=1S/C17H16N2O3/c18-13(20)7-9-1-5-12(6-2-9)19-16(21)14-10-3-4-11(8-10)15(14)17(19)22/h1-6,10-11,14-15H,7-8H2,(H2,18,20). The topological polar surface area (TPSA) is 80.5 Å². The monoisotopic (exact) mass is 296 g/mol. The number of hydrogen-bond donors (Lipinski definition) is 1. The summed E-state index contributed by atoms with van der Waals surface area (Å²) in [4.78, 5) is 37.5. The minimum absolute atomic E-state index is 0.0884. The number of rotatable bonds is 3. The van der Waals surface area contributed by atoms with Crippen LogP contribution in [0.2, 0.25) is 0 Å². The van der Waals surface area contributed by atoms with Gasteiger partial charge in [0, 0.05) is 0 Å². The maximum atomic E-state index is 12.6. The zero-order valence-electron chi connectivity index (χ0n) is 11.9. The second-order valence-corrected chi connectivity index (χ2v) is 6.32. The van der Waals surface area contributed by atoms with Crippen molar-refractivity contribution in [1.82, 2.24) is 0 Å². The molecule has 1 heterocycles. The Morgan fingerprint density at radius 3 is 2.09 bits per heavy atom. The summed E-state index contributed by atoms with van der Waals surface area (Å²) in [6.07, 6.45) is 5.24. The lowest BCUT2D eigenvalue weighted by molar-refractivity contribution is -0.123. The Balaban J connectivity index is 1.62. The van der Waals surface area contributed by atoms with Crippen LogP contribution in [0.1, 0.15) is 12.0 Å². The minimum atomic E-state index is -0.404. The molecule has 112 valence electrons. The van der Waals surface area contributed by atoms with Gasteiger partial charge >= 0.3 is 0 Å². The molecule has 2 bridgehead atoms. The predicted molar refractivity (Wildman–Crippen MR) is 79.6 cm³/mol. The highest BCUT2D eigenvalue weighted by molar-refractivity contribution is 6.22. The molecule has 0 aromatic heterocycles.